The van der Waals surface area contributed by atoms with Crippen LogP contribution in [0.3, 0.4) is 0 Å². The lowest BCUT2D eigenvalue weighted by Gasteiger charge is -2.53. The van der Waals surface area contributed by atoms with Gasteiger partial charge < -0.3 is 14.6 Å². The van der Waals surface area contributed by atoms with E-state index in [1.54, 1.807) is 13.3 Å². The van der Waals surface area contributed by atoms with Crippen molar-refractivity contribution in [1.29, 1.82) is 0 Å². The molecule has 2 aliphatic rings. The highest BCUT2D eigenvalue weighted by atomic mass is 16.5. The summed E-state index contributed by atoms with van der Waals surface area (Å²) >= 11 is 0. The molecular formula is C23H30N2O3. The lowest BCUT2D eigenvalue weighted by atomic mass is 9.63. The normalized spacial score (nSPS) is 27.4. The fourth-order valence-corrected chi connectivity index (χ4v) is 5.09. The van der Waals surface area contributed by atoms with Gasteiger partial charge in [-0.25, -0.2) is 0 Å². The van der Waals surface area contributed by atoms with Gasteiger partial charge in [0, 0.05) is 49.4 Å². The van der Waals surface area contributed by atoms with E-state index in [1.165, 1.54) is 12.0 Å². The molecular weight excluding hydrogens is 352 g/mol. The van der Waals surface area contributed by atoms with E-state index in [2.05, 4.69) is 22.0 Å². The number of pyridine rings is 1. The van der Waals surface area contributed by atoms with E-state index in [1.807, 2.05) is 31.3 Å². The van der Waals surface area contributed by atoms with Crippen LogP contribution in [0.15, 0.2) is 42.7 Å². The van der Waals surface area contributed by atoms with Crippen molar-refractivity contribution in [2.24, 2.45) is 11.8 Å². The Morgan fingerprint density at radius 1 is 1.18 bits per heavy atom. The van der Waals surface area contributed by atoms with Crippen molar-refractivity contribution < 1.29 is 14.6 Å². The van der Waals surface area contributed by atoms with Crippen LogP contribution in [0.5, 0.6) is 11.5 Å². The lowest BCUT2D eigenvalue weighted by Crippen LogP contribution is -2.57. The molecule has 2 atom stereocenters. The molecule has 0 amide bonds. The standard InChI is InChI=1S/C23H30N2O3/c1-3-28-21-10-9-17(12-22(21)27-2)14-25-15-19-6-4-7-20(16-25)23(19,26)18-8-5-11-24-13-18/h5,8-13,19-20,26H,3-4,6-7,14-16H2,1-2H3/t19-,20-/m1/s1. The SMILES string of the molecule is CCOc1ccc(CN2C[C@H]3CCC[C@H](C2)C3(O)c2cccnc2)cc1OC. The molecule has 4 rings (SSSR count). The van der Waals surface area contributed by atoms with Gasteiger partial charge in [0.1, 0.15) is 0 Å². The molecule has 0 radical (unpaired) electrons. The molecule has 0 unspecified atom stereocenters. The molecule has 1 aromatic carbocycles. The van der Waals surface area contributed by atoms with Crippen LogP contribution in [-0.2, 0) is 12.1 Å². The number of aromatic nitrogens is 1. The fourth-order valence-electron chi connectivity index (χ4n) is 5.09. The maximum atomic E-state index is 11.7. The summed E-state index contributed by atoms with van der Waals surface area (Å²) in [5, 5.41) is 11.7. The van der Waals surface area contributed by atoms with E-state index >= 15 is 0 Å². The van der Waals surface area contributed by atoms with Crippen molar-refractivity contribution in [1.82, 2.24) is 9.88 Å². The highest BCUT2D eigenvalue weighted by molar-refractivity contribution is 5.43. The molecule has 5 heteroatoms. The Hall–Kier alpha value is -2.11. The number of likely N-dealkylation sites (tertiary alicyclic amines) is 1. The van der Waals surface area contributed by atoms with E-state index in [4.69, 9.17) is 9.47 Å². The van der Waals surface area contributed by atoms with E-state index in [-0.39, 0.29) is 11.8 Å². The van der Waals surface area contributed by atoms with Crippen molar-refractivity contribution in [3.8, 4) is 11.5 Å². The molecule has 2 fully saturated rings. The Bertz CT molecular complexity index is 782. The largest absolute Gasteiger partial charge is 0.493 e. The zero-order valence-corrected chi connectivity index (χ0v) is 16.8. The highest BCUT2D eigenvalue weighted by Crippen LogP contribution is 2.49. The summed E-state index contributed by atoms with van der Waals surface area (Å²) in [5.74, 6) is 2.06. The van der Waals surface area contributed by atoms with Crippen molar-refractivity contribution in [3.05, 3.63) is 53.9 Å². The number of benzene rings is 1. The minimum absolute atomic E-state index is 0.244. The molecule has 1 N–H and O–H groups in total. The van der Waals surface area contributed by atoms with Crippen molar-refractivity contribution in [3.63, 3.8) is 0 Å². The van der Waals surface area contributed by atoms with E-state index in [9.17, 15) is 5.11 Å². The molecule has 1 aromatic heterocycles. The molecule has 1 aliphatic heterocycles. The van der Waals surface area contributed by atoms with Gasteiger partial charge in [0.25, 0.3) is 0 Å². The topological polar surface area (TPSA) is 54.8 Å². The monoisotopic (exact) mass is 382 g/mol. The first-order valence-corrected chi connectivity index (χ1v) is 10.3. The van der Waals surface area contributed by atoms with Crippen LogP contribution in [0, 0.1) is 11.8 Å². The van der Waals surface area contributed by atoms with Crippen LogP contribution in [0.25, 0.3) is 0 Å². The molecule has 1 saturated carbocycles. The average Bonchev–Trinajstić information content (AvgIpc) is 2.71. The van der Waals surface area contributed by atoms with Crippen LogP contribution in [0.4, 0.5) is 0 Å². The minimum Gasteiger partial charge on any atom is -0.493 e. The second-order valence-electron chi connectivity index (χ2n) is 8.00. The quantitative estimate of drug-likeness (QED) is 0.827. The summed E-state index contributed by atoms with van der Waals surface area (Å²) in [6.45, 7) is 5.26. The number of piperidine rings is 1. The maximum Gasteiger partial charge on any atom is 0.161 e. The fraction of sp³-hybridized carbons (Fsp3) is 0.522. The van der Waals surface area contributed by atoms with Crippen molar-refractivity contribution in [2.45, 2.75) is 38.3 Å². The van der Waals surface area contributed by atoms with Gasteiger partial charge in [-0.15, -0.1) is 0 Å². The zero-order valence-electron chi connectivity index (χ0n) is 16.8. The molecule has 0 spiro atoms. The van der Waals surface area contributed by atoms with Crippen LogP contribution >= 0.6 is 0 Å². The molecule has 2 heterocycles. The van der Waals surface area contributed by atoms with Gasteiger partial charge in [-0.3, -0.25) is 9.88 Å². The van der Waals surface area contributed by atoms with Crippen LogP contribution in [0.2, 0.25) is 0 Å². The number of hydrogen-bond donors (Lipinski definition) is 1. The van der Waals surface area contributed by atoms with Crippen molar-refractivity contribution in [2.75, 3.05) is 26.8 Å². The number of ether oxygens (including phenoxy) is 2. The summed E-state index contributed by atoms with van der Waals surface area (Å²) in [7, 11) is 1.68. The first-order chi connectivity index (χ1) is 13.6. The summed E-state index contributed by atoms with van der Waals surface area (Å²) in [4.78, 5) is 6.74. The van der Waals surface area contributed by atoms with E-state index < -0.39 is 5.60 Å². The van der Waals surface area contributed by atoms with Crippen LogP contribution in [-0.4, -0.2) is 41.8 Å². The first-order valence-electron chi connectivity index (χ1n) is 10.3. The molecule has 2 bridgehead atoms. The van der Waals surface area contributed by atoms with Crippen LogP contribution < -0.4 is 9.47 Å². The van der Waals surface area contributed by atoms with Gasteiger partial charge in [-0.1, -0.05) is 18.6 Å². The number of aliphatic hydroxyl groups is 1. The Morgan fingerprint density at radius 3 is 2.61 bits per heavy atom. The van der Waals surface area contributed by atoms with Gasteiger partial charge in [0.05, 0.1) is 19.3 Å². The van der Waals surface area contributed by atoms with Gasteiger partial charge in [0.15, 0.2) is 11.5 Å². The molecule has 150 valence electrons. The third-order valence-electron chi connectivity index (χ3n) is 6.37. The zero-order chi connectivity index (χ0) is 19.6. The van der Waals surface area contributed by atoms with Gasteiger partial charge in [0.2, 0.25) is 0 Å². The Kier molecular flexibility index (Phi) is 5.56. The van der Waals surface area contributed by atoms with Gasteiger partial charge >= 0.3 is 0 Å². The Labute approximate surface area is 167 Å². The lowest BCUT2D eigenvalue weighted by molar-refractivity contribution is -0.148. The first kappa shape index (κ1) is 19.2. The molecule has 5 nitrogen and oxygen atoms in total. The predicted octanol–water partition coefficient (Wildman–Crippen LogP) is 3.61. The van der Waals surface area contributed by atoms with Crippen LogP contribution in [0.1, 0.15) is 37.3 Å². The van der Waals surface area contributed by atoms with E-state index in [0.29, 0.717) is 6.61 Å². The number of hydrogen-bond acceptors (Lipinski definition) is 5. The summed E-state index contributed by atoms with van der Waals surface area (Å²) < 4.78 is 11.1. The number of nitrogens with zero attached hydrogens (tertiary/aromatic N) is 2. The minimum atomic E-state index is -0.750. The summed E-state index contributed by atoms with van der Waals surface area (Å²) in [5.41, 5.74) is 1.44. The Morgan fingerprint density at radius 2 is 1.96 bits per heavy atom. The third kappa shape index (κ3) is 3.49. The maximum absolute atomic E-state index is 11.7. The number of fused-ring (bicyclic) bond motifs is 2. The third-order valence-corrected chi connectivity index (χ3v) is 6.37. The average molecular weight is 383 g/mol. The van der Waals surface area contributed by atoms with Gasteiger partial charge in [-0.05, 0) is 43.5 Å². The molecule has 2 aromatic rings. The van der Waals surface area contributed by atoms with Gasteiger partial charge in [-0.2, -0.15) is 0 Å². The second kappa shape index (κ2) is 8.10. The smallest absolute Gasteiger partial charge is 0.161 e. The number of rotatable bonds is 6. The Balaban J connectivity index is 1.52. The van der Waals surface area contributed by atoms with Crippen molar-refractivity contribution >= 4 is 0 Å². The molecule has 1 aliphatic carbocycles. The summed E-state index contributed by atoms with van der Waals surface area (Å²) in [6.07, 6.45) is 6.94. The number of methoxy groups -OCH3 is 1. The van der Waals surface area contributed by atoms with E-state index in [0.717, 1.165) is 49.5 Å². The molecule has 28 heavy (non-hydrogen) atoms. The molecule has 1 saturated heterocycles. The summed E-state index contributed by atoms with van der Waals surface area (Å²) in [6, 6.07) is 10.1. The second-order valence-corrected chi connectivity index (χ2v) is 8.00. The predicted molar refractivity (Wildman–Crippen MR) is 108 cm³/mol. The highest BCUT2D eigenvalue weighted by Gasteiger charge is 2.51.